The van der Waals surface area contributed by atoms with Gasteiger partial charge in [0.2, 0.25) is 0 Å². The molecule has 0 aromatic heterocycles. The highest BCUT2D eigenvalue weighted by Crippen LogP contribution is 2.20. The smallest absolute Gasteiger partial charge is 0.255 e. The molecule has 1 amide bonds. The zero-order valence-corrected chi connectivity index (χ0v) is 15.8. The van der Waals surface area contributed by atoms with Gasteiger partial charge in [0, 0.05) is 30.7 Å². The van der Waals surface area contributed by atoms with E-state index in [-0.39, 0.29) is 11.9 Å². The van der Waals surface area contributed by atoms with E-state index in [1.807, 2.05) is 43.3 Å². The first kappa shape index (κ1) is 18.7. The second kappa shape index (κ2) is 9.06. The molecule has 0 unspecified atom stereocenters. The number of rotatable bonds is 6. The summed E-state index contributed by atoms with van der Waals surface area (Å²) < 4.78 is 5.56. The zero-order chi connectivity index (χ0) is 18.4. The molecular formula is C21H25ClN2O2. The number of hydrogen-bond donors (Lipinski definition) is 1. The van der Waals surface area contributed by atoms with Crippen molar-refractivity contribution in [1.29, 1.82) is 0 Å². The van der Waals surface area contributed by atoms with Crippen molar-refractivity contribution in [2.45, 2.75) is 32.4 Å². The predicted octanol–water partition coefficient (Wildman–Crippen LogP) is 4.13. The standard InChI is InChI=1S/C21H25ClN2O2/c1-2-26-20-6-4-3-5-19(20)21(25)23-18-11-13-24(14-12-18)15-16-7-9-17(22)10-8-16/h3-10,18H,2,11-15H2,1H3,(H,23,25). The van der Waals surface area contributed by atoms with E-state index in [2.05, 4.69) is 22.3 Å². The monoisotopic (exact) mass is 372 g/mol. The normalized spacial score (nSPS) is 15.6. The Morgan fingerprint density at radius 2 is 1.85 bits per heavy atom. The van der Waals surface area contributed by atoms with Gasteiger partial charge >= 0.3 is 0 Å². The number of nitrogens with one attached hydrogen (secondary N) is 1. The number of para-hydroxylation sites is 1. The maximum Gasteiger partial charge on any atom is 0.255 e. The molecule has 0 aliphatic carbocycles. The Hall–Kier alpha value is -2.04. The molecule has 1 fully saturated rings. The lowest BCUT2D eigenvalue weighted by atomic mass is 10.0. The van der Waals surface area contributed by atoms with Crippen LogP contribution in [0.15, 0.2) is 48.5 Å². The summed E-state index contributed by atoms with van der Waals surface area (Å²) >= 11 is 5.94. The van der Waals surface area contributed by atoms with Gasteiger partial charge in [0.1, 0.15) is 5.75 Å². The van der Waals surface area contributed by atoms with Gasteiger partial charge in [0.05, 0.1) is 12.2 Å². The first-order valence-corrected chi connectivity index (χ1v) is 9.53. The van der Waals surface area contributed by atoms with Crippen LogP contribution in [0, 0.1) is 0 Å². The van der Waals surface area contributed by atoms with E-state index in [1.54, 1.807) is 0 Å². The lowest BCUT2D eigenvalue weighted by Crippen LogP contribution is -2.44. The van der Waals surface area contributed by atoms with Crippen molar-refractivity contribution in [2.24, 2.45) is 0 Å². The van der Waals surface area contributed by atoms with Crippen molar-refractivity contribution < 1.29 is 9.53 Å². The number of carbonyl (C=O) groups excluding carboxylic acids is 1. The molecule has 0 spiro atoms. The summed E-state index contributed by atoms with van der Waals surface area (Å²) in [4.78, 5) is 15.0. The number of hydrogen-bond acceptors (Lipinski definition) is 3. The number of carbonyl (C=O) groups is 1. The van der Waals surface area contributed by atoms with Gasteiger partial charge in [-0.2, -0.15) is 0 Å². The molecule has 0 radical (unpaired) electrons. The number of nitrogens with zero attached hydrogens (tertiary/aromatic N) is 1. The fraction of sp³-hybridized carbons (Fsp3) is 0.381. The predicted molar refractivity (Wildman–Crippen MR) is 105 cm³/mol. The molecule has 1 N–H and O–H groups in total. The molecular weight excluding hydrogens is 348 g/mol. The van der Waals surface area contributed by atoms with E-state index in [0.717, 1.165) is 37.5 Å². The van der Waals surface area contributed by atoms with Crippen LogP contribution in [0.5, 0.6) is 5.75 Å². The SMILES string of the molecule is CCOc1ccccc1C(=O)NC1CCN(Cc2ccc(Cl)cc2)CC1. The van der Waals surface area contributed by atoms with Crippen LogP contribution < -0.4 is 10.1 Å². The Bertz CT molecular complexity index is 725. The second-order valence-corrected chi connectivity index (χ2v) is 7.02. The Balaban J connectivity index is 1.51. The third-order valence-corrected chi connectivity index (χ3v) is 4.93. The third kappa shape index (κ3) is 4.99. The summed E-state index contributed by atoms with van der Waals surface area (Å²) in [5.41, 5.74) is 1.88. The third-order valence-electron chi connectivity index (χ3n) is 4.67. The number of piperidine rings is 1. The summed E-state index contributed by atoms with van der Waals surface area (Å²) in [7, 11) is 0. The van der Waals surface area contributed by atoms with Crippen molar-refractivity contribution in [1.82, 2.24) is 10.2 Å². The van der Waals surface area contributed by atoms with Crippen LogP contribution in [0.3, 0.4) is 0 Å². The van der Waals surface area contributed by atoms with Gasteiger partial charge in [-0.25, -0.2) is 0 Å². The van der Waals surface area contributed by atoms with Crippen LogP contribution >= 0.6 is 11.6 Å². The Kier molecular flexibility index (Phi) is 6.53. The summed E-state index contributed by atoms with van der Waals surface area (Å²) in [5, 5.41) is 3.93. The van der Waals surface area contributed by atoms with E-state index in [0.29, 0.717) is 17.9 Å². The van der Waals surface area contributed by atoms with E-state index >= 15 is 0 Å². The summed E-state index contributed by atoms with van der Waals surface area (Å²) in [6.45, 7) is 5.34. The average Bonchev–Trinajstić information content (AvgIpc) is 2.66. The van der Waals surface area contributed by atoms with Gasteiger partial charge in [-0.15, -0.1) is 0 Å². The van der Waals surface area contributed by atoms with Gasteiger partial charge < -0.3 is 10.1 Å². The van der Waals surface area contributed by atoms with E-state index in [1.165, 1.54) is 5.56 Å². The van der Waals surface area contributed by atoms with E-state index in [9.17, 15) is 4.79 Å². The summed E-state index contributed by atoms with van der Waals surface area (Å²) in [6, 6.07) is 15.6. The van der Waals surface area contributed by atoms with Crippen LogP contribution in [0.2, 0.25) is 5.02 Å². The maximum absolute atomic E-state index is 12.6. The molecule has 0 atom stereocenters. The van der Waals surface area contributed by atoms with Crippen molar-refractivity contribution in [3.63, 3.8) is 0 Å². The summed E-state index contributed by atoms with van der Waals surface area (Å²) in [6.07, 6.45) is 1.91. The molecule has 1 heterocycles. The van der Waals surface area contributed by atoms with Crippen LogP contribution in [0.1, 0.15) is 35.7 Å². The van der Waals surface area contributed by atoms with Gasteiger partial charge in [0.25, 0.3) is 5.91 Å². The molecule has 0 bridgehead atoms. The van der Waals surface area contributed by atoms with Gasteiger partial charge in [-0.1, -0.05) is 35.9 Å². The molecule has 0 saturated carbocycles. The van der Waals surface area contributed by atoms with Gasteiger partial charge in [-0.05, 0) is 49.6 Å². The minimum atomic E-state index is -0.0507. The molecule has 26 heavy (non-hydrogen) atoms. The number of ether oxygens (including phenoxy) is 1. The van der Waals surface area contributed by atoms with Gasteiger partial charge in [-0.3, -0.25) is 9.69 Å². The molecule has 3 rings (SSSR count). The number of amides is 1. The largest absolute Gasteiger partial charge is 0.493 e. The fourth-order valence-corrected chi connectivity index (χ4v) is 3.41. The molecule has 5 heteroatoms. The Labute approximate surface area is 160 Å². The molecule has 1 saturated heterocycles. The van der Waals surface area contributed by atoms with Crippen molar-refractivity contribution in [2.75, 3.05) is 19.7 Å². The van der Waals surface area contributed by atoms with Crippen molar-refractivity contribution >= 4 is 17.5 Å². The fourth-order valence-electron chi connectivity index (χ4n) is 3.28. The lowest BCUT2D eigenvalue weighted by molar-refractivity contribution is 0.0905. The van der Waals surface area contributed by atoms with Crippen LogP contribution in [0.25, 0.3) is 0 Å². The van der Waals surface area contributed by atoms with Crippen LogP contribution in [-0.4, -0.2) is 36.5 Å². The highest BCUT2D eigenvalue weighted by molar-refractivity contribution is 6.30. The van der Waals surface area contributed by atoms with Crippen LogP contribution in [0.4, 0.5) is 0 Å². The van der Waals surface area contributed by atoms with Crippen molar-refractivity contribution in [3.8, 4) is 5.75 Å². The minimum Gasteiger partial charge on any atom is -0.493 e. The minimum absolute atomic E-state index is 0.0507. The molecule has 2 aromatic rings. The average molecular weight is 373 g/mol. The topological polar surface area (TPSA) is 41.6 Å². The number of halogens is 1. The molecule has 4 nitrogen and oxygen atoms in total. The quantitative estimate of drug-likeness (QED) is 0.828. The van der Waals surface area contributed by atoms with E-state index in [4.69, 9.17) is 16.3 Å². The van der Waals surface area contributed by atoms with E-state index < -0.39 is 0 Å². The highest BCUT2D eigenvalue weighted by Gasteiger charge is 2.22. The van der Waals surface area contributed by atoms with Crippen molar-refractivity contribution in [3.05, 3.63) is 64.7 Å². The molecule has 138 valence electrons. The number of benzene rings is 2. The van der Waals surface area contributed by atoms with Crippen LogP contribution in [-0.2, 0) is 6.54 Å². The first-order chi connectivity index (χ1) is 12.7. The highest BCUT2D eigenvalue weighted by atomic mass is 35.5. The lowest BCUT2D eigenvalue weighted by Gasteiger charge is -2.32. The molecule has 1 aliphatic heterocycles. The zero-order valence-electron chi connectivity index (χ0n) is 15.1. The number of likely N-dealkylation sites (tertiary alicyclic amines) is 1. The first-order valence-electron chi connectivity index (χ1n) is 9.15. The Morgan fingerprint density at radius 1 is 1.15 bits per heavy atom. The molecule has 1 aliphatic rings. The molecule has 2 aromatic carbocycles. The Morgan fingerprint density at radius 3 is 2.54 bits per heavy atom. The van der Waals surface area contributed by atoms with Gasteiger partial charge in [0.15, 0.2) is 0 Å². The maximum atomic E-state index is 12.6. The summed E-state index contributed by atoms with van der Waals surface area (Å²) in [5.74, 6) is 0.595. The second-order valence-electron chi connectivity index (χ2n) is 6.58.